The van der Waals surface area contributed by atoms with Crippen molar-refractivity contribution in [3.8, 4) is 5.75 Å². The summed E-state index contributed by atoms with van der Waals surface area (Å²) in [6, 6.07) is 8.22. The number of hydrogen-bond donors (Lipinski definition) is 1. The SMILES string of the molecule is CN=C(NCCSC)N1CCN(c2ccccc2OC)CC1. The van der Waals surface area contributed by atoms with Gasteiger partial charge in [-0.2, -0.15) is 11.8 Å². The van der Waals surface area contributed by atoms with Gasteiger partial charge in [0.1, 0.15) is 5.75 Å². The van der Waals surface area contributed by atoms with Crippen molar-refractivity contribution in [3.05, 3.63) is 24.3 Å². The second kappa shape index (κ2) is 8.78. The fraction of sp³-hybridized carbons (Fsp3) is 0.562. The molecular weight excluding hydrogens is 296 g/mol. The summed E-state index contributed by atoms with van der Waals surface area (Å²) in [6.07, 6.45) is 2.12. The van der Waals surface area contributed by atoms with E-state index in [1.165, 1.54) is 5.69 Å². The number of anilines is 1. The Hall–Kier alpha value is -1.56. The molecule has 122 valence electrons. The largest absolute Gasteiger partial charge is 0.495 e. The van der Waals surface area contributed by atoms with Gasteiger partial charge < -0.3 is 19.9 Å². The van der Waals surface area contributed by atoms with E-state index >= 15 is 0 Å². The molecule has 22 heavy (non-hydrogen) atoms. The zero-order valence-electron chi connectivity index (χ0n) is 13.7. The van der Waals surface area contributed by atoms with Gasteiger partial charge in [0.05, 0.1) is 12.8 Å². The first kappa shape index (κ1) is 16.8. The van der Waals surface area contributed by atoms with Crippen LogP contribution in [0.2, 0.25) is 0 Å². The fourth-order valence-corrected chi connectivity index (χ4v) is 2.95. The smallest absolute Gasteiger partial charge is 0.193 e. The molecule has 1 heterocycles. The number of guanidine groups is 1. The van der Waals surface area contributed by atoms with Crippen LogP contribution in [0.1, 0.15) is 0 Å². The first-order valence-corrected chi connectivity index (χ1v) is 9.02. The van der Waals surface area contributed by atoms with Gasteiger partial charge >= 0.3 is 0 Å². The monoisotopic (exact) mass is 322 g/mol. The number of hydrogen-bond acceptors (Lipinski definition) is 4. The maximum Gasteiger partial charge on any atom is 0.193 e. The Bertz CT molecular complexity index is 487. The van der Waals surface area contributed by atoms with Crippen molar-refractivity contribution in [2.75, 3.05) is 63.8 Å². The predicted molar refractivity (Wildman–Crippen MR) is 96.5 cm³/mol. The molecule has 5 nitrogen and oxygen atoms in total. The van der Waals surface area contributed by atoms with Crippen molar-refractivity contribution in [2.24, 2.45) is 4.99 Å². The van der Waals surface area contributed by atoms with Crippen LogP contribution in [0.5, 0.6) is 5.75 Å². The van der Waals surface area contributed by atoms with Crippen LogP contribution < -0.4 is 15.0 Å². The number of benzene rings is 1. The summed E-state index contributed by atoms with van der Waals surface area (Å²) < 4.78 is 5.47. The van der Waals surface area contributed by atoms with Crippen LogP contribution >= 0.6 is 11.8 Å². The molecule has 0 bridgehead atoms. The molecule has 0 spiro atoms. The zero-order valence-corrected chi connectivity index (χ0v) is 14.5. The molecule has 0 atom stereocenters. The highest BCUT2D eigenvalue weighted by molar-refractivity contribution is 7.98. The van der Waals surface area contributed by atoms with Crippen molar-refractivity contribution in [1.29, 1.82) is 0 Å². The minimum Gasteiger partial charge on any atom is -0.495 e. The Morgan fingerprint density at radius 3 is 2.64 bits per heavy atom. The number of methoxy groups -OCH3 is 1. The van der Waals surface area contributed by atoms with E-state index in [-0.39, 0.29) is 0 Å². The Balaban J connectivity index is 1.92. The topological polar surface area (TPSA) is 40.1 Å². The number of aliphatic imine (C=N–C) groups is 1. The number of piperazine rings is 1. The van der Waals surface area contributed by atoms with Crippen molar-refractivity contribution in [3.63, 3.8) is 0 Å². The van der Waals surface area contributed by atoms with Gasteiger partial charge in [-0.3, -0.25) is 4.99 Å². The summed E-state index contributed by atoms with van der Waals surface area (Å²) in [5.74, 6) is 3.05. The van der Waals surface area contributed by atoms with Crippen LogP contribution in [-0.4, -0.2) is 69.7 Å². The second-order valence-corrected chi connectivity index (χ2v) is 6.10. The zero-order chi connectivity index (χ0) is 15.8. The predicted octanol–water partition coefficient (Wildman–Crippen LogP) is 1.76. The molecule has 1 aliphatic rings. The van der Waals surface area contributed by atoms with Crippen molar-refractivity contribution in [2.45, 2.75) is 0 Å². The molecule has 0 amide bonds. The molecule has 0 aromatic heterocycles. The van der Waals surface area contributed by atoms with Gasteiger partial charge in [-0.25, -0.2) is 0 Å². The highest BCUT2D eigenvalue weighted by Crippen LogP contribution is 2.28. The molecule has 0 unspecified atom stereocenters. The first-order chi connectivity index (χ1) is 10.8. The molecule has 1 aliphatic heterocycles. The van der Waals surface area contributed by atoms with Crippen LogP contribution in [0.25, 0.3) is 0 Å². The minimum absolute atomic E-state index is 0.943. The fourth-order valence-electron chi connectivity index (χ4n) is 2.65. The summed E-state index contributed by atoms with van der Waals surface area (Å²) in [6.45, 7) is 4.85. The first-order valence-electron chi connectivity index (χ1n) is 7.62. The Morgan fingerprint density at radius 2 is 2.00 bits per heavy atom. The van der Waals surface area contributed by atoms with E-state index in [0.717, 1.165) is 50.2 Å². The Kier molecular flexibility index (Phi) is 6.71. The van der Waals surface area contributed by atoms with E-state index in [1.54, 1.807) is 7.11 Å². The summed E-state index contributed by atoms with van der Waals surface area (Å²) >= 11 is 1.84. The number of nitrogens with zero attached hydrogens (tertiary/aromatic N) is 3. The maximum absolute atomic E-state index is 5.47. The van der Waals surface area contributed by atoms with E-state index in [0.29, 0.717) is 0 Å². The molecule has 2 rings (SSSR count). The molecule has 1 saturated heterocycles. The van der Waals surface area contributed by atoms with Crippen LogP contribution in [0.4, 0.5) is 5.69 Å². The lowest BCUT2D eigenvalue weighted by Crippen LogP contribution is -2.52. The third-order valence-electron chi connectivity index (χ3n) is 3.81. The summed E-state index contributed by atoms with van der Waals surface area (Å²) in [5, 5.41) is 3.43. The lowest BCUT2D eigenvalue weighted by atomic mass is 10.2. The van der Waals surface area contributed by atoms with Crippen molar-refractivity contribution >= 4 is 23.4 Å². The Labute approximate surface area is 137 Å². The summed E-state index contributed by atoms with van der Waals surface area (Å²) in [5.41, 5.74) is 1.18. The maximum atomic E-state index is 5.47. The number of rotatable bonds is 5. The molecule has 1 N–H and O–H groups in total. The van der Waals surface area contributed by atoms with Crippen molar-refractivity contribution in [1.82, 2.24) is 10.2 Å². The number of para-hydroxylation sites is 2. The van der Waals surface area contributed by atoms with Gasteiger partial charge in [0.25, 0.3) is 0 Å². The van der Waals surface area contributed by atoms with Gasteiger partial charge in [-0.05, 0) is 18.4 Å². The minimum atomic E-state index is 0.943. The van der Waals surface area contributed by atoms with E-state index in [2.05, 4.69) is 38.5 Å². The highest BCUT2D eigenvalue weighted by atomic mass is 32.2. The second-order valence-electron chi connectivity index (χ2n) is 5.11. The quantitative estimate of drug-likeness (QED) is 0.508. The van der Waals surface area contributed by atoms with Gasteiger partial charge in [0.15, 0.2) is 5.96 Å². The van der Waals surface area contributed by atoms with Gasteiger partial charge in [0.2, 0.25) is 0 Å². The van der Waals surface area contributed by atoms with E-state index in [9.17, 15) is 0 Å². The van der Waals surface area contributed by atoms with E-state index in [4.69, 9.17) is 4.74 Å². The molecule has 1 fully saturated rings. The lowest BCUT2D eigenvalue weighted by molar-refractivity contribution is 0.368. The van der Waals surface area contributed by atoms with Crippen LogP contribution in [0.3, 0.4) is 0 Å². The summed E-state index contributed by atoms with van der Waals surface area (Å²) in [7, 11) is 3.58. The third kappa shape index (κ3) is 4.22. The van der Waals surface area contributed by atoms with E-state index < -0.39 is 0 Å². The third-order valence-corrected chi connectivity index (χ3v) is 4.42. The average molecular weight is 322 g/mol. The molecule has 6 heteroatoms. The van der Waals surface area contributed by atoms with Gasteiger partial charge in [-0.1, -0.05) is 12.1 Å². The molecular formula is C16H26N4OS. The number of nitrogens with one attached hydrogen (secondary N) is 1. The van der Waals surface area contributed by atoms with Crippen molar-refractivity contribution < 1.29 is 4.74 Å². The molecule has 0 radical (unpaired) electrons. The Morgan fingerprint density at radius 1 is 1.27 bits per heavy atom. The number of ether oxygens (including phenoxy) is 1. The molecule has 1 aromatic rings. The normalized spacial score (nSPS) is 15.9. The molecule has 0 saturated carbocycles. The van der Waals surface area contributed by atoms with E-state index in [1.807, 2.05) is 30.9 Å². The van der Waals surface area contributed by atoms with Crippen LogP contribution in [0.15, 0.2) is 29.3 Å². The molecule has 1 aromatic carbocycles. The summed E-state index contributed by atoms with van der Waals surface area (Å²) in [4.78, 5) is 9.10. The lowest BCUT2D eigenvalue weighted by Gasteiger charge is -2.38. The van der Waals surface area contributed by atoms with Gasteiger partial charge in [0, 0.05) is 45.5 Å². The average Bonchev–Trinajstić information content (AvgIpc) is 2.59. The molecule has 0 aliphatic carbocycles. The van der Waals surface area contributed by atoms with Gasteiger partial charge in [-0.15, -0.1) is 0 Å². The standard InChI is InChI=1S/C16H26N4OS/c1-17-16(18-8-13-22-3)20-11-9-19(10-12-20)14-6-4-5-7-15(14)21-2/h4-7H,8-13H2,1-3H3,(H,17,18). The highest BCUT2D eigenvalue weighted by Gasteiger charge is 2.21. The van der Waals surface area contributed by atoms with Crippen LogP contribution in [0, 0.1) is 0 Å². The number of thioether (sulfide) groups is 1. The van der Waals surface area contributed by atoms with Crippen LogP contribution in [-0.2, 0) is 0 Å².